The molecular weight excluding hydrogens is 148 g/mol. The third kappa shape index (κ3) is 1.28. The average molecular weight is 154 g/mol. The summed E-state index contributed by atoms with van der Waals surface area (Å²) in [6.07, 6.45) is 0.939. The van der Waals surface area contributed by atoms with Crippen molar-refractivity contribution in [2.45, 2.75) is 6.42 Å². The summed E-state index contributed by atoms with van der Waals surface area (Å²) in [6.45, 7) is 0. The maximum atomic E-state index is 3.26. The monoisotopic (exact) mass is 154 g/mol. The van der Waals surface area contributed by atoms with Gasteiger partial charge in [0.05, 0.1) is 8.96 Å². The van der Waals surface area contributed by atoms with E-state index in [1.807, 2.05) is 6.07 Å². The van der Waals surface area contributed by atoms with Gasteiger partial charge in [-0.1, -0.05) is 29.7 Å². The molecule has 0 N–H and O–H groups in total. The van der Waals surface area contributed by atoms with Gasteiger partial charge in [-0.25, -0.2) is 0 Å². The second-order valence-corrected chi connectivity index (χ2v) is 3.24. The van der Waals surface area contributed by atoms with Gasteiger partial charge >= 0.3 is 0 Å². The van der Waals surface area contributed by atoms with Gasteiger partial charge in [-0.3, -0.25) is 0 Å². The topological polar surface area (TPSA) is 0 Å². The smallest absolute Gasteiger partial charge is 0.0847 e. The first-order chi connectivity index (χ1) is 5.47. The van der Waals surface area contributed by atoms with Crippen LogP contribution in [0.15, 0.2) is 24.3 Å². The van der Waals surface area contributed by atoms with Crippen LogP contribution in [0.4, 0.5) is 0 Å². The largest absolute Gasteiger partial charge is 0.124 e. The van der Waals surface area contributed by atoms with Gasteiger partial charge in [0, 0.05) is 12.0 Å². The van der Waals surface area contributed by atoms with Crippen LogP contribution >= 0.6 is 0 Å². The molecule has 0 nitrogen and oxygen atoms in total. The van der Waals surface area contributed by atoms with E-state index in [9.17, 15) is 0 Å². The quantitative estimate of drug-likeness (QED) is 0.389. The van der Waals surface area contributed by atoms with Crippen LogP contribution in [0.25, 0.3) is 0 Å². The van der Waals surface area contributed by atoms with E-state index >= 15 is 0 Å². The molecule has 0 aliphatic carbocycles. The lowest BCUT2D eigenvalue weighted by molar-refractivity contribution is 1.31. The molecule has 1 heteroatoms. The van der Waals surface area contributed by atoms with E-state index in [0.717, 1.165) is 6.42 Å². The van der Waals surface area contributed by atoms with Crippen LogP contribution in [0.2, 0.25) is 0 Å². The van der Waals surface area contributed by atoms with Gasteiger partial charge in [0.1, 0.15) is 0 Å². The molecule has 0 fully saturated rings. The first kappa shape index (κ1) is 6.48. The van der Waals surface area contributed by atoms with Crippen LogP contribution in [0.1, 0.15) is 11.1 Å². The Morgan fingerprint density at radius 2 is 2.18 bits per heavy atom. The zero-order valence-corrected chi connectivity index (χ0v) is 7.02. The van der Waals surface area contributed by atoms with Gasteiger partial charge < -0.3 is 0 Å². The van der Waals surface area contributed by atoms with Crippen molar-refractivity contribution in [3.63, 3.8) is 0 Å². The fourth-order valence-electron chi connectivity index (χ4n) is 1.08. The Kier molecular flexibility index (Phi) is 1.65. The molecule has 0 atom stereocenters. The normalized spacial score (nSPS) is 11.3. The van der Waals surface area contributed by atoms with Gasteiger partial charge in [0.15, 0.2) is 0 Å². The van der Waals surface area contributed by atoms with Crippen LogP contribution in [-0.4, -0.2) is 8.96 Å². The minimum atomic E-state index is 0.580. The van der Waals surface area contributed by atoms with E-state index in [0.29, 0.717) is 8.96 Å². The summed E-state index contributed by atoms with van der Waals surface area (Å²) in [4.78, 5) is 0. The number of hydrogen-bond donors (Lipinski definition) is 0. The third-order valence-corrected chi connectivity index (χ3v) is 2.25. The molecule has 1 aromatic rings. The molecule has 1 heterocycles. The summed E-state index contributed by atoms with van der Waals surface area (Å²) in [5.41, 5.74) is 8.81. The lowest BCUT2D eigenvalue weighted by atomic mass is 10.1. The molecule has 2 rings (SSSR count). The first-order valence-electron chi connectivity index (χ1n) is 3.53. The maximum Gasteiger partial charge on any atom is 0.0847 e. The molecule has 0 spiro atoms. The number of hydrogen-bond acceptors (Lipinski definition) is 0. The van der Waals surface area contributed by atoms with E-state index in [4.69, 9.17) is 0 Å². The number of benzene rings is 1. The van der Waals surface area contributed by atoms with Crippen molar-refractivity contribution < 1.29 is 0 Å². The highest BCUT2D eigenvalue weighted by molar-refractivity contribution is 6.35. The van der Waals surface area contributed by atoms with Gasteiger partial charge in [-0.2, -0.15) is 0 Å². The first-order valence-corrected chi connectivity index (χ1v) is 4.53. The van der Waals surface area contributed by atoms with E-state index in [-0.39, 0.29) is 0 Å². The fourth-order valence-corrected chi connectivity index (χ4v) is 1.64. The van der Waals surface area contributed by atoms with Gasteiger partial charge in [-0.05, 0) is 11.6 Å². The Labute approximate surface area is 68.4 Å². The molecule has 1 aromatic carbocycles. The Balaban J connectivity index is 2.60. The minimum absolute atomic E-state index is 0.580. The standard InChI is InChI=1S/C10H6Si/c1-2-4-10-6-8-11-7-5-9(10)3-1/h1-4H,5H2. The predicted molar refractivity (Wildman–Crippen MR) is 46.7 cm³/mol. The van der Waals surface area contributed by atoms with Crippen LogP contribution in [0.5, 0.6) is 0 Å². The highest BCUT2D eigenvalue weighted by Crippen LogP contribution is 2.07. The van der Waals surface area contributed by atoms with E-state index < -0.39 is 0 Å². The Hall–Kier alpha value is -1.22. The molecule has 0 aromatic heterocycles. The van der Waals surface area contributed by atoms with Gasteiger partial charge in [0.25, 0.3) is 0 Å². The summed E-state index contributed by atoms with van der Waals surface area (Å²) < 4.78 is 0. The van der Waals surface area contributed by atoms with Gasteiger partial charge in [0.2, 0.25) is 0 Å². The Bertz CT molecular complexity index is 396. The molecule has 1 aliphatic rings. The van der Waals surface area contributed by atoms with Crippen LogP contribution in [0, 0.1) is 17.0 Å². The van der Waals surface area contributed by atoms with E-state index in [2.05, 4.69) is 35.2 Å². The molecule has 0 saturated heterocycles. The van der Waals surface area contributed by atoms with Crippen LogP contribution < -0.4 is 0 Å². The van der Waals surface area contributed by atoms with Crippen molar-refractivity contribution >= 4 is 8.96 Å². The molecule has 0 bridgehead atoms. The molecule has 1 aliphatic heterocycles. The van der Waals surface area contributed by atoms with Crippen molar-refractivity contribution in [1.29, 1.82) is 0 Å². The molecule has 0 radical (unpaired) electrons. The zero-order valence-electron chi connectivity index (χ0n) is 6.02. The fraction of sp³-hybridized carbons (Fsp3) is 0.100. The number of fused-ring (bicyclic) bond motifs is 1. The van der Waals surface area contributed by atoms with Crippen molar-refractivity contribution in [1.82, 2.24) is 0 Å². The maximum absolute atomic E-state index is 3.26. The lowest BCUT2D eigenvalue weighted by Gasteiger charge is -1.96. The van der Waals surface area contributed by atoms with Crippen LogP contribution in [0.3, 0.4) is 0 Å². The summed E-state index contributed by atoms with van der Waals surface area (Å²) in [5.74, 6) is 3.12. The molecule has 50 valence electrons. The molecule has 0 amide bonds. The Morgan fingerprint density at radius 3 is 3.18 bits per heavy atom. The number of rotatable bonds is 0. The SMILES string of the molecule is C1#Cc2ccccc2CC#[Si]1. The lowest BCUT2D eigenvalue weighted by Crippen LogP contribution is -1.85. The highest BCUT2D eigenvalue weighted by atomic mass is 28.2. The van der Waals surface area contributed by atoms with Crippen molar-refractivity contribution in [3.8, 4) is 17.0 Å². The zero-order chi connectivity index (χ0) is 7.52. The van der Waals surface area contributed by atoms with Crippen molar-refractivity contribution in [3.05, 3.63) is 35.4 Å². The average Bonchev–Trinajstić information content (AvgIpc) is 2.28. The summed E-state index contributed by atoms with van der Waals surface area (Å²) in [7, 11) is 0.580. The second kappa shape index (κ2) is 2.80. The third-order valence-electron chi connectivity index (χ3n) is 1.64. The van der Waals surface area contributed by atoms with Crippen molar-refractivity contribution in [2.75, 3.05) is 0 Å². The Morgan fingerprint density at radius 1 is 1.27 bits per heavy atom. The van der Waals surface area contributed by atoms with Gasteiger partial charge in [-0.15, -0.1) is 5.50 Å². The van der Waals surface area contributed by atoms with E-state index in [1.54, 1.807) is 0 Å². The molecule has 11 heavy (non-hydrogen) atoms. The summed E-state index contributed by atoms with van der Waals surface area (Å²) >= 11 is 0. The molecular formula is C10H6Si. The van der Waals surface area contributed by atoms with Crippen LogP contribution in [-0.2, 0) is 6.42 Å². The predicted octanol–water partition coefficient (Wildman–Crippen LogP) is 1.22. The molecule has 0 unspecified atom stereocenters. The summed E-state index contributed by atoms with van der Waals surface area (Å²) in [5, 5.41) is 0. The molecule has 0 saturated carbocycles. The second-order valence-electron chi connectivity index (χ2n) is 2.39. The highest BCUT2D eigenvalue weighted by Gasteiger charge is 1.96. The minimum Gasteiger partial charge on any atom is -0.124 e. The van der Waals surface area contributed by atoms with E-state index in [1.165, 1.54) is 11.1 Å². The summed E-state index contributed by atoms with van der Waals surface area (Å²) in [6, 6.07) is 8.27. The van der Waals surface area contributed by atoms with Crippen molar-refractivity contribution in [2.24, 2.45) is 0 Å².